The van der Waals surface area contributed by atoms with Crippen LogP contribution in [0, 0.1) is 5.92 Å². The zero-order valence-corrected chi connectivity index (χ0v) is 11.5. The van der Waals surface area contributed by atoms with E-state index in [0.717, 1.165) is 16.9 Å². The molecule has 19 heavy (non-hydrogen) atoms. The fourth-order valence-corrected chi connectivity index (χ4v) is 1.65. The van der Waals surface area contributed by atoms with Crippen LogP contribution in [0.3, 0.4) is 0 Å². The first-order valence-electron chi connectivity index (χ1n) is 5.96. The number of carbonyl (C=O) groups excluding carboxylic acids is 1. The largest absolute Gasteiger partial charge is 0.326 e. The first-order valence-corrected chi connectivity index (χ1v) is 6.34. The molecule has 0 atom stereocenters. The Kier molecular flexibility index (Phi) is 4.12. The average molecular weight is 276 g/mol. The van der Waals surface area contributed by atoms with E-state index in [1.165, 1.54) is 0 Å². The molecule has 0 bridgehead atoms. The summed E-state index contributed by atoms with van der Waals surface area (Å²) in [4.78, 5) is 19.5. The van der Waals surface area contributed by atoms with E-state index in [4.69, 9.17) is 11.6 Å². The minimum atomic E-state index is -0.0413. The summed E-state index contributed by atoms with van der Waals surface area (Å²) in [6, 6.07) is 9.23. The molecule has 1 N–H and O–H groups in total. The summed E-state index contributed by atoms with van der Waals surface area (Å²) < 4.78 is 0. The molecule has 0 radical (unpaired) electrons. The number of amides is 1. The topological polar surface area (TPSA) is 54.9 Å². The minimum Gasteiger partial charge on any atom is -0.326 e. The van der Waals surface area contributed by atoms with Gasteiger partial charge in [-0.15, -0.1) is 0 Å². The predicted octanol–water partition coefficient (Wildman–Crippen LogP) is 3.39. The minimum absolute atomic E-state index is 0.00201. The zero-order chi connectivity index (χ0) is 13.8. The second-order valence-electron chi connectivity index (χ2n) is 4.43. The number of halogens is 1. The number of nitrogens with one attached hydrogen (secondary N) is 1. The van der Waals surface area contributed by atoms with Gasteiger partial charge in [0, 0.05) is 23.4 Å². The van der Waals surface area contributed by atoms with E-state index in [1.54, 1.807) is 12.3 Å². The summed E-state index contributed by atoms with van der Waals surface area (Å²) in [7, 11) is 0. The fraction of sp³-hybridized carbons (Fsp3) is 0.214. The van der Waals surface area contributed by atoms with Gasteiger partial charge in [0.25, 0.3) is 0 Å². The normalized spacial score (nSPS) is 10.5. The molecule has 0 aliphatic heterocycles. The second kappa shape index (κ2) is 5.80. The number of benzene rings is 1. The quantitative estimate of drug-likeness (QED) is 0.874. The number of hydrogen-bond donors (Lipinski definition) is 1. The van der Waals surface area contributed by atoms with Crippen molar-refractivity contribution < 1.29 is 4.79 Å². The Morgan fingerprint density at radius 3 is 2.47 bits per heavy atom. The van der Waals surface area contributed by atoms with Crippen molar-refractivity contribution in [1.29, 1.82) is 0 Å². The zero-order valence-electron chi connectivity index (χ0n) is 10.7. The van der Waals surface area contributed by atoms with E-state index in [1.807, 2.05) is 38.1 Å². The Morgan fingerprint density at radius 1 is 1.21 bits per heavy atom. The Labute approximate surface area is 116 Å². The molecular formula is C14H14ClN3O. The van der Waals surface area contributed by atoms with Crippen molar-refractivity contribution in [3.05, 3.63) is 41.8 Å². The van der Waals surface area contributed by atoms with Crippen molar-refractivity contribution in [2.45, 2.75) is 13.8 Å². The number of rotatable bonds is 3. The van der Waals surface area contributed by atoms with Crippen LogP contribution in [0.15, 0.2) is 36.5 Å². The molecule has 0 aliphatic carbocycles. The third-order valence-electron chi connectivity index (χ3n) is 2.60. The van der Waals surface area contributed by atoms with Gasteiger partial charge in [0.05, 0.1) is 5.69 Å². The van der Waals surface area contributed by atoms with Crippen LogP contribution in [0.25, 0.3) is 11.3 Å². The van der Waals surface area contributed by atoms with Crippen molar-refractivity contribution >= 4 is 23.2 Å². The van der Waals surface area contributed by atoms with Crippen molar-refractivity contribution in [2.75, 3.05) is 5.32 Å². The van der Waals surface area contributed by atoms with Crippen molar-refractivity contribution in [3.8, 4) is 11.3 Å². The number of carbonyl (C=O) groups is 1. The molecule has 1 heterocycles. The Bertz CT molecular complexity index is 581. The highest BCUT2D eigenvalue weighted by Gasteiger charge is 2.07. The monoisotopic (exact) mass is 275 g/mol. The van der Waals surface area contributed by atoms with E-state index in [2.05, 4.69) is 15.3 Å². The number of aromatic nitrogens is 2. The summed E-state index contributed by atoms with van der Waals surface area (Å²) in [5.41, 5.74) is 2.44. The molecule has 0 spiro atoms. The molecule has 0 saturated carbocycles. The lowest BCUT2D eigenvalue weighted by Crippen LogP contribution is -2.17. The lowest BCUT2D eigenvalue weighted by Gasteiger charge is -2.08. The summed E-state index contributed by atoms with van der Waals surface area (Å²) in [5.74, 6) is -0.0434. The standard InChI is InChI=1S/C14H14ClN3O/c1-9(2)13(19)17-11-5-3-10(4-6-11)12-7-8-16-14(15)18-12/h3-9H,1-2H3,(H,17,19). The van der Waals surface area contributed by atoms with E-state index >= 15 is 0 Å². The average Bonchev–Trinajstić information content (AvgIpc) is 2.39. The Morgan fingerprint density at radius 2 is 1.89 bits per heavy atom. The maximum Gasteiger partial charge on any atom is 0.226 e. The first-order chi connectivity index (χ1) is 9.06. The van der Waals surface area contributed by atoms with Gasteiger partial charge in [-0.25, -0.2) is 9.97 Å². The molecular weight excluding hydrogens is 262 g/mol. The Hall–Kier alpha value is -1.94. The molecule has 4 nitrogen and oxygen atoms in total. The lowest BCUT2D eigenvalue weighted by molar-refractivity contribution is -0.118. The van der Waals surface area contributed by atoms with Crippen LogP contribution in [0.4, 0.5) is 5.69 Å². The first kappa shape index (κ1) is 13.5. The molecule has 1 aromatic heterocycles. The maximum atomic E-state index is 11.6. The summed E-state index contributed by atoms with van der Waals surface area (Å²) in [6.45, 7) is 3.71. The molecule has 0 aliphatic rings. The highest BCUT2D eigenvalue weighted by Crippen LogP contribution is 2.20. The van der Waals surface area contributed by atoms with Crippen LogP contribution < -0.4 is 5.32 Å². The molecule has 5 heteroatoms. The van der Waals surface area contributed by atoms with Gasteiger partial charge in [-0.05, 0) is 29.8 Å². The molecule has 2 rings (SSSR count). The van der Waals surface area contributed by atoms with Crippen molar-refractivity contribution in [1.82, 2.24) is 9.97 Å². The van der Waals surface area contributed by atoms with Crippen LogP contribution in [0.1, 0.15) is 13.8 Å². The highest BCUT2D eigenvalue weighted by atomic mass is 35.5. The van der Waals surface area contributed by atoms with Gasteiger partial charge in [0.15, 0.2) is 0 Å². The third-order valence-corrected chi connectivity index (χ3v) is 2.78. The van der Waals surface area contributed by atoms with Crippen LogP contribution >= 0.6 is 11.6 Å². The predicted molar refractivity (Wildman–Crippen MR) is 75.9 cm³/mol. The maximum absolute atomic E-state index is 11.6. The van der Waals surface area contributed by atoms with Crippen molar-refractivity contribution in [3.63, 3.8) is 0 Å². The molecule has 0 fully saturated rings. The van der Waals surface area contributed by atoms with Crippen molar-refractivity contribution in [2.24, 2.45) is 5.92 Å². The highest BCUT2D eigenvalue weighted by molar-refractivity contribution is 6.28. The van der Waals surface area contributed by atoms with Gasteiger partial charge < -0.3 is 5.32 Å². The van der Waals surface area contributed by atoms with Gasteiger partial charge in [0.2, 0.25) is 11.2 Å². The molecule has 98 valence electrons. The molecule has 0 unspecified atom stereocenters. The summed E-state index contributed by atoms with van der Waals surface area (Å²) >= 11 is 5.75. The number of hydrogen-bond acceptors (Lipinski definition) is 3. The van der Waals surface area contributed by atoms with Crippen LogP contribution in [0.5, 0.6) is 0 Å². The fourth-order valence-electron chi connectivity index (χ4n) is 1.51. The molecule has 1 amide bonds. The van der Waals surface area contributed by atoms with Gasteiger partial charge in [-0.2, -0.15) is 0 Å². The Balaban J connectivity index is 2.17. The van der Waals surface area contributed by atoms with E-state index in [9.17, 15) is 4.79 Å². The lowest BCUT2D eigenvalue weighted by atomic mass is 10.1. The SMILES string of the molecule is CC(C)C(=O)Nc1ccc(-c2ccnc(Cl)n2)cc1. The van der Waals surface area contributed by atoms with Crippen LogP contribution in [-0.4, -0.2) is 15.9 Å². The van der Waals surface area contributed by atoms with Gasteiger partial charge in [-0.3, -0.25) is 4.79 Å². The summed E-state index contributed by atoms with van der Waals surface area (Å²) in [6.07, 6.45) is 1.61. The molecule has 2 aromatic rings. The summed E-state index contributed by atoms with van der Waals surface area (Å²) in [5, 5.41) is 3.05. The van der Waals surface area contributed by atoms with Gasteiger partial charge in [0.1, 0.15) is 0 Å². The van der Waals surface area contributed by atoms with Gasteiger partial charge in [-0.1, -0.05) is 26.0 Å². The molecule has 1 aromatic carbocycles. The third kappa shape index (κ3) is 3.51. The van der Waals surface area contributed by atoms with Gasteiger partial charge >= 0.3 is 0 Å². The molecule has 0 saturated heterocycles. The van der Waals surface area contributed by atoms with E-state index in [-0.39, 0.29) is 17.1 Å². The number of anilines is 1. The van der Waals surface area contributed by atoms with E-state index < -0.39 is 0 Å². The van der Waals surface area contributed by atoms with Crippen LogP contribution in [-0.2, 0) is 4.79 Å². The van der Waals surface area contributed by atoms with Crippen LogP contribution in [0.2, 0.25) is 5.28 Å². The second-order valence-corrected chi connectivity index (χ2v) is 4.77. The smallest absolute Gasteiger partial charge is 0.226 e. The van der Waals surface area contributed by atoms with E-state index in [0.29, 0.717) is 0 Å². The number of nitrogens with zero attached hydrogens (tertiary/aromatic N) is 2.